The van der Waals surface area contributed by atoms with Crippen molar-refractivity contribution in [2.45, 2.75) is 143 Å². The number of anilines is 2. The number of rotatable bonds is 31. The third kappa shape index (κ3) is 20.9. The van der Waals surface area contributed by atoms with Gasteiger partial charge in [0.05, 0.1) is 18.0 Å². The molecule has 0 saturated heterocycles. The van der Waals surface area contributed by atoms with E-state index >= 15 is 0 Å². The molecule has 7 nitrogen and oxygen atoms in total. The van der Waals surface area contributed by atoms with Gasteiger partial charge in [0.25, 0.3) is 0 Å². The number of aromatic nitrogens is 2. The van der Waals surface area contributed by atoms with Gasteiger partial charge >= 0.3 is 35.6 Å². The van der Waals surface area contributed by atoms with Crippen LogP contribution in [0, 0.1) is 0 Å². The molecule has 0 aliphatic carbocycles. The van der Waals surface area contributed by atoms with Gasteiger partial charge in [0, 0.05) is 43.5 Å². The van der Waals surface area contributed by atoms with Gasteiger partial charge in [-0.15, -0.1) is 0 Å². The summed E-state index contributed by atoms with van der Waals surface area (Å²) in [5.41, 5.74) is 6.20. The Hall–Kier alpha value is -3.13. The summed E-state index contributed by atoms with van der Waals surface area (Å²) in [6, 6.07) is 19.8. The maximum Gasteiger partial charge on any atom is 1.00 e. The van der Waals surface area contributed by atoms with E-state index in [0.717, 1.165) is 48.7 Å². The molecule has 0 amide bonds. The molecular formula is C48H71N4NaO3. The Morgan fingerprint density at radius 3 is 1.27 bits per heavy atom. The normalized spacial score (nSPS) is 11.3. The molecule has 0 saturated carbocycles. The Bertz CT molecular complexity index is 1390. The molecule has 1 aromatic heterocycles. The van der Waals surface area contributed by atoms with E-state index in [4.69, 9.17) is 4.74 Å². The summed E-state index contributed by atoms with van der Waals surface area (Å²) in [5.74, 6) is -1.09. The van der Waals surface area contributed by atoms with E-state index in [0.29, 0.717) is 6.42 Å². The second kappa shape index (κ2) is 30.9. The van der Waals surface area contributed by atoms with Gasteiger partial charge in [0.15, 0.2) is 0 Å². The first-order chi connectivity index (χ1) is 26.9. The van der Waals surface area contributed by atoms with Crippen molar-refractivity contribution < 1.29 is 44.2 Å². The fourth-order valence-electron chi connectivity index (χ4n) is 6.69. The number of hydrogen-bond donors (Lipinski definition) is 0. The predicted molar refractivity (Wildman–Crippen MR) is 234 cm³/mol. The van der Waals surface area contributed by atoms with Crippen LogP contribution in [0.2, 0.25) is 0 Å². The van der Waals surface area contributed by atoms with Crippen molar-refractivity contribution in [2.24, 2.45) is 0 Å². The summed E-state index contributed by atoms with van der Waals surface area (Å²) >= 11 is 0. The van der Waals surface area contributed by atoms with Crippen molar-refractivity contribution in [1.82, 2.24) is 9.97 Å². The molecule has 2 aromatic carbocycles. The van der Waals surface area contributed by atoms with Crippen LogP contribution < -0.4 is 49.2 Å². The van der Waals surface area contributed by atoms with E-state index in [-0.39, 0.29) is 48.6 Å². The Balaban J connectivity index is 0.0000108. The van der Waals surface area contributed by atoms with Crippen LogP contribution in [-0.4, -0.2) is 48.7 Å². The van der Waals surface area contributed by atoms with Crippen LogP contribution in [0.4, 0.5) is 11.4 Å². The van der Waals surface area contributed by atoms with Crippen LogP contribution in [0.3, 0.4) is 0 Å². The monoisotopic (exact) mass is 775 g/mol. The zero-order valence-corrected chi connectivity index (χ0v) is 37.8. The number of benzene rings is 2. The quantitative estimate of drug-likeness (QED) is 0.0478. The summed E-state index contributed by atoms with van der Waals surface area (Å²) in [6.07, 6.45) is 28.6. The summed E-state index contributed by atoms with van der Waals surface area (Å²) in [5, 5.41) is 10.9. The minimum absolute atomic E-state index is 0. The fraction of sp³-hybridized carbons (Fsp3) is 0.562. The van der Waals surface area contributed by atoms with E-state index in [1.807, 2.05) is 18.2 Å². The Morgan fingerprint density at radius 1 is 0.554 bits per heavy atom. The summed E-state index contributed by atoms with van der Waals surface area (Å²) in [7, 11) is 0. The molecule has 0 N–H and O–H groups in total. The molecule has 3 rings (SSSR count). The van der Waals surface area contributed by atoms with Crippen LogP contribution in [0.25, 0.3) is 24.3 Å². The number of carboxylic acid groups (broad SMARTS) is 1. The molecule has 0 spiro atoms. The maximum atomic E-state index is 10.9. The Morgan fingerprint density at radius 2 is 0.929 bits per heavy atom. The third-order valence-corrected chi connectivity index (χ3v) is 10.0. The average molecular weight is 775 g/mol. The molecule has 0 aliphatic rings. The van der Waals surface area contributed by atoms with Crippen molar-refractivity contribution in [3.05, 3.63) is 77.1 Å². The SMILES string of the molecule is CCCCCCN(CCCCCC)c1ccc(/C=C/c2cc(/C=C/c3ccc(N(CCCCCC)CCCCCC)cc3)nc(OCCCC(=O)[O-])n2)cc1.[Na+]. The molecule has 0 bridgehead atoms. The number of nitrogens with zero attached hydrogens (tertiary/aromatic N) is 4. The molecule has 3 aromatic rings. The van der Waals surface area contributed by atoms with E-state index in [1.54, 1.807) is 0 Å². The maximum absolute atomic E-state index is 10.9. The van der Waals surface area contributed by atoms with Gasteiger partial charge in [0.2, 0.25) is 0 Å². The van der Waals surface area contributed by atoms with Crippen LogP contribution >= 0.6 is 0 Å². The first kappa shape index (κ1) is 49.0. The van der Waals surface area contributed by atoms with Crippen molar-refractivity contribution >= 4 is 41.6 Å². The topological polar surface area (TPSA) is 81.6 Å². The van der Waals surface area contributed by atoms with Gasteiger partial charge in [-0.05, 0) is 92.1 Å². The predicted octanol–water partition coefficient (Wildman–Crippen LogP) is 8.66. The number of hydrogen-bond acceptors (Lipinski definition) is 7. The number of aliphatic carboxylic acids is 1. The van der Waals surface area contributed by atoms with Crippen LogP contribution in [0.1, 0.15) is 166 Å². The minimum Gasteiger partial charge on any atom is -0.550 e. The van der Waals surface area contributed by atoms with Gasteiger partial charge in [-0.1, -0.05) is 141 Å². The molecule has 0 radical (unpaired) electrons. The Kier molecular flexibility index (Phi) is 27.1. The number of carbonyl (C=O) groups is 1. The van der Waals surface area contributed by atoms with Gasteiger partial charge < -0.3 is 24.4 Å². The second-order valence-corrected chi connectivity index (χ2v) is 14.9. The van der Waals surface area contributed by atoms with Crippen molar-refractivity contribution in [3.63, 3.8) is 0 Å². The molecule has 1 heterocycles. The van der Waals surface area contributed by atoms with Crippen molar-refractivity contribution in [1.29, 1.82) is 0 Å². The van der Waals surface area contributed by atoms with E-state index in [2.05, 4.69) is 108 Å². The molecule has 0 fully saturated rings. The van der Waals surface area contributed by atoms with Gasteiger partial charge in [-0.2, -0.15) is 9.97 Å². The molecular weight excluding hydrogens is 704 g/mol. The van der Waals surface area contributed by atoms with Crippen LogP contribution in [0.15, 0.2) is 54.6 Å². The molecule has 0 aliphatic heterocycles. The first-order valence-corrected chi connectivity index (χ1v) is 21.7. The second-order valence-electron chi connectivity index (χ2n) is 14.9. The molecule has 302 valence electrons. The number of carboxylic acids is 1. The number of unbranched alkanes of at least 4 members (excludes halogenated alkanes) is 12. The zero-order chi connectivity index (χ0) is 39.4. The molecule has 8 heteroatoms. The van der Waals surface area contributed by atoms with E-state index in [1.165, 1.54) is 114 Å². The van der Waals surface area contributed by atoms with Crippen LogP contribution in [-0.2, 0) is 4.79 Å². The summed E-state index contributed by atoms with van der Waals surface area (Å²) in [4.78, 5) is 25.3. The fourth-order valence-corrected chi connectivity index (χ4v) is 6.69. The van der Waals surface area contributed by atoms with Gasteiger partial charge in [0.1, 0.15) is 0 Å². The summed E-state index contributed by atoms with van der Waals surface area (Å²) < 4.78 is 5.82. The molecule has 0 atom stereocenters. The smallest absolute Gasteiger partial charge is 0.550 e. The van der Waals surface area contributed by atoms with Gasteiger partial charge in [-0.3, -0.25) is 0 Å². The number of ether oxygens (including phenoxy) is 1. The standard InChI is InChI=1S/C48H72N4O3.Na/c1-5-9-13-17-35-51(36-18-14-10-6-2)45-31-25-41(26-32-45)23-29-43-40-44(50-48(49-43)55-39-21-22-47(53)54)30-24-42-27-33-46(34-28-42)52(37-19-15-11-7-3)38-20-16-12-8-4;/h23-34,40H,5-22,35-39H2,1-4H3,(H,53,54);/q;+1/p-1/b29-23+,30-24+;. The van der Waals surface area contributed by atoms with Gasteiger partial charge in [-0.25, -0.2) is 0 Å². The third-order valence-electron chi connectivity index (χ3n) is 10.0. The Labute approximate surface area is 362 Å². The molecule has 0 unspecified atom stereocenters. The van der Waals surface area contributed by atoms with Crippen molar-refractivity contribution in [2.75, 3.05) is 42.6 Å². The van der Waals surface area contributed by atoms with Crippen molar-refractivity contribution in [3.8, 4) is 6.01 Å². The largest absolute Gasteiger partial charge is 1.00 e. The average Bonchev–Trinajstić information content (AvgIpc) is 3.20. The minimum atomic E-state index is -1.09. The first-order valence-electron chi connectivity index (χ1n) is 21.7. The molecule has 56 heavy (non-hydrogen) atoms. The number of carbonyl (C=O) groups excluding carboxylic acids is 1. The van der Waals surface area contributed by atoms with E-state index in [9.17, 15) is 9.90 Å². The summed E-state index contributed by atoms with van der Waals surface area (Å²) in [6.45, 7) is 13.7. The zero-order valence-electron chi connectivity index (χ0n) is 35.8. The van der Waals surface area contributed by atoms with Crippen LogP contribution in [0.5, 0.6) is 6.01 Å². The van der Waals surface area contributed by atoms with E-state index < -0.39 is 5.97 Å².